The Hall–Kier alpha value is -1.50. The summed E-state index contributed by atoms with van der Waals surface area (Å²) in [5.41, 5.74) is 5.97. The number of alkyl halides is 3. The van der Waals surface area contributed by atoms with E-state index in [2.05, 4.69) is 9.72 Å². The molecular weight excluding hydrogens is 253 g/mol. The molecule has 0 saturated heterocycles. The second-order valence-corrected chi connectivity index (χ2v) is 3.79. The van der Waals surface area contributed by atoms with Gasteiger partial charge in [-0.3, -0.25) is 0 Å². The molecule has 0 atom stereocenters. The van der Waals surface area contributed by atoms with Crippen LogP contribution in [0.4, 0.5) is 18.3 Å². The van der Waals surface area contributed by atoms with E-state index in [1.165, 1.54) is 18.2 Å². The van der Waals surface area contributed by atoms with Crippen LogP contribution in [0.15, 0.2) is 18.2 Å². The van der Waals surface area contributed by atoms with Crippen molar-refractivity contribution in [3.8, 4) is 5.75 Å². The van der Waals surface area contributed by atoms with Gasteiger partial charge >= 0.3 is 6.36 Å². The molecule has 1 aromatic carbocycles. The first-order chi connectivity index (χ1) is 7.94. The van der Waals surface area contributed by atoms with E-state index in [4.69, 9.17) is 5.73 Å². The number of aromatic nitrogens is 1. The molecule has 1 heterocycles. The fraction of sp³-hybridized carbons (Fsp3) is 0.300. The molecule has 0 radical (unpaired) electrons. The third kappa shape index (κ3) is 3.77. The van der Waals surface area contributed by atoms with Gasteiger partial charge in [0.2, 0.25) is 0 Å². The molecule has 0 spiro atoms. The van der Waals surface area contributed by atoms with Crippen molar-refractivity contribution in [2.24, 2.45) is 0 Å². The van der Waals surface area contributed by atoms with Gasteiger partial charge in [-0.15, -0.1) is 13.2 Å². The van der Waals surface area contributed by atoms with E-state index in [0.29, 0.717) is 15.3 Å². The van der Waals surface area contributed by atoms with E-state index in [9.17, 15) is 13.2 Å². The highest BCUT2D eigenvalue weighted by Crippen LogP contribution is 2.30. The van der Waals surface area contributed by atoms with Crippen LogP contribution in [0.2, 0.25) is 0 Å². The van der Waals surface area contributed by atoms with E-state index in [1.54, 1.807) is 0 Å². The summed E-state index contributed by atoms with van der Waals surface area (Å²) in [6, 6.07) is 3.90. The van der Waals surface area contributed by atoms with Crippen LogP contribution in [0.1, 0.15) is 13.8 Å². The van der Waals surface area contributed by atoms with Gasteiger partial charge in [0.1, 0.15) is 5.75 Å². The van der Waals surface area contributed by atoms with Crippen LogP contribution in [0, 0.1) is 0 Å². The molecular formula is C10H11F3N2OS. The van der Waals surface area contributed by atoms with Crippen molar-refractivity contribution < 1.29 is 17.9 Å². The predicted molar refractivity (Wildman–Crippen MR) is 62.1 cm³/mol. The first kappa shape index (κ1) is 13.6. The molecule has 0 fully saturated rings. The van der Waals surface area contributed by atoms with E-state index >= 15 is 0 Å². The number of halogens is 3. The van der Waals surface area contributed by atoms with Gasteiger partial charge in [-0.1, -0.05) is 25.2 Å². The first-order valence-electron chi connectivity index (χ1n) is 4.86. The maximum atomic E-state index is 11.9. The maximum absolute atomic E-state index is 11.9. The summed E-state index contributed by atoms with van der Waals surface area (Å²) in [5, 5.41) is 0.314. The van der Waals surface area contributed by atoms with Crippen LogP contribution in [0.5, 0.6) is 5.75 Å². The lowest BCUT2D eigenvalue weighted by molar-refractivity contribution is -0.274. The van der Waals surface area contributed by atoms with Crippen LogP contribution in [0.25, 0.3) is 10.2 Å². The van der Waals surface area contributed by atoms with Crippen molar-refractivity contribution in [3.05, 3.63) is 18.2 Å². The fourth-order valence-corrected chi connectivity index (χ4v) is 1.88. The number of nitrogen functional groups attached to an aromatic ring is 1. The van der Waals surface area contributed by atoms with Crippen LogP contribution in [-0.4, -0.2) is 11.3 Å². The van der Waals surface area contributed by atoms with Crippen molar-refractivity contribution in [3.63, 3.8) is 0 Å². The molecule has 0 aliphatic rings. The molecule has 0 bridgehead atoms. The summed E-state index contributed by atoms with van der Waals surface area (Å²) in [4.78, 5) is 3.91. The van der Waals surface area contributed by atoms with E-state index < -0.39 is 6.36 Å². The number of hydrogen-bond acceptors (Lipinski definition) is 4. The minimum atomic E-state index is -4.68. The zero-order valence-corrected chi connectivity index (χ0v) is 10.0. The van der Waals surface area contributed by atoms with Crippen LogP contribution < -0.4 is 10.5 Å². The monoisotopic (exact) mass is 264 g/mol. The topological polar surface area (TPSA) is 48.1 Å². The van der Waals surface area contributed by atoms with Crippen LogP contribution >= 0.6 is 11.3 Å². The first-order valence-corrected chi connectivity index (χ1v) is 5.67. The molecule has 1 aromatic heterocycles. The zero-order valence-electron chi connectivity index (χ0n) is 9.21. The number of anilines is 1. The fourth-order valence-electron chi connectivity index (χ4n) is 1.12. The number of fused-ring (bicyclic) bond motifs is 1. The highest BCUT2D eigenvalue weighted by molar-refractivity contribution is 7.22. The normalized spacial score (nSPS) is 10.9. The molecule has 2 N–H and O–H groups in total. The summed E-state index contributed by atoms with van der Waals surface area (Å²) in [5.74, 6) is -0.265. The molecule has 7 heteroatoms. The van der Waals surface area contributed by atoms with Crippen molar-refractivity contribution in [1.29, 1.82) is 0 Å². The lowest BCUT2D eigenvalue weighted by Gasteiger charge is -2.07. The summed E-state index contributed by atoms with van der Waals surface area (Å²) < 4.78 is 40.0. The van der Waals surface area contributed by atoms with E-state index in [-0.39, 0.29) is 5.75 Å². The van der Waals surface area contributed by atoms with E-state index in [0.717, 1.165) is 11.3 Å². The second kappa shape index (κ2) is 5.22. The van der Waals surface area contributed by atoms with Gasteiger partial charge in [0.25, 0.3) is 0 Å². The Kier molecular flexibility index (Phi) is 4.17. The minimum Gasteiger partial charge on any atom is -0.406 e. The predicted octanol–water partition coefficient (Wildman–Crippen LogP) is 3.80. The molecule has 0 aliphatic heterocycles. The molecule has 0 aliphatic carbocycles. The maximum Gasteiger partial charge on any atom is 0.573 e. The summed E-state index contributed by atoms with van der Waals surface area (Å²) in [6.45, 7) is 4.00. The summed E-state index contributed by atoms with van der Waals surface area (Å²) >= 11 is 1.11. The average molecular weight is 264 g/mol. The number of ether oxygens (including phenoxy) is 1. The Balaban J connectivity index is 0.000000686. The largest absolute Gasteiger partial charge is 0.573 e. The Labute approximate surface area is 100 Å². The number of rotatable bonds is 1. The van der Waals surface area contributed by atoms with Gasteiger partial charge in [0, 0.05) is 6.07 Å². The number of benzene rings is 1. The number of nitrogens with two attached hydrogens (primary N) is 1. The molecule has 17 heavy (non-hydrogen) atoms. The Morgan fingerprint density at radius 3 is 2.53 bits per heavy atom. The number of hydrogen-bond donors (Lipinski definition) is 1. The van der Waals surface area contributed by atoms with E-state index in [1.807, 2.05) is 13.8 Å². The zero-order chi connectivity index (χ0) is 13.1. The van der Waals surface area contributed by atoms with Crippen LogP contribution in [-0.2, 0) is 0 Å². The second-order valence-electron chi connectivity index (χ2n) is 2.73. The smallest absolute Gasteiger partial charge is 0.406 e. The molecule has 94 valence electrons. The SMILES string of the molecule is CC.Nc1nc2ccc(OC(F)(F)F)cc2s1. The van der Waals surface area contributed by atoms with Gasteiger partial charge in [-0.25, -0.2) is 4.98 Å². The third-order valence-electron chi connectivity index (χ3n) is 1.61. The highest BCUT2D eigenvalue weighted by atomic mass is 32.1. The molecule has 2 rings (SSSR count). The molecule has 0 amide bonds. The van der Waals surface area contributed by atoms with Gasteiger partial charge in [0.15, 0.2) is 5.13 Å². The quantitative estimate of drug-likeness (QED) is 0.852. The average Bonchev–Trinajstić information content (AvgIpc) is 2.58. The molecule has 0 unspecified atom stereocenters. The lowest BCUT2D eigenvalue weighted by atomic mass is 10.3. The van der Waals surface area contributed by atoms with Gasteiger partial charge < -0.3 is 10.5 Å². The Morgan fingerprint density at radius 1 is 1.29 bits per heavy atom. The highest BCUT2D eigenvalue weighted by Gasteiger charge is 2.31. The van der Waals surface area contributed by atoms with Crippen molar-refractivity contribution >= 4 is 26.7 Å². The minimum absolute atomic E-state index is 0.265. The van der Waals surface area contributed by atoms with Crippen molar-refractivity contribution in [2.45, 2.75) is 20.2 Å². The number of thiazole rings is 1. The third-order valence-corrected chi connectivity index (χ3v) is 2.46. The van der Waals surface area contributed by atoms with Crippen molar-refractivity contribution in [1.82, 2.24) is 4.98 Å². The van der Waals surface area contributed by atoms with Crippen LogP contribution in [0.3, 0.4) is 0 Å². The Bertz CT molecular complexity index is 496. The standard InChI is InChI=1S/C8H5F3N2OS.C2H6/c9-8(10,11)14-4-1-2-5-6(3-4)15-7(12)13-5;1-2/h1-3H,(H2,12,13);1-2H3. The number of nitrogens with zero attached hydrogens (tertiary/aromatic N) is 1. The summed E-state index contributed by atoms with van der Waals surface area (Å²) in [6.07, 6.45) is -4.68. The summed E-state index contributed by atoms with van der Waals surface area (Å²) in [7, 11) is 0. The molecule has 2 aromatic rings. The van der Waals surface area contributed by atoms with Gasteiger partial charge in [-0.05, 0) is 12.1 Å². The molecule has 3 nitrogen and oxygen atoms in total. The molecule has 0 saturated carbocycles. The Morgan fingerprint density at radius 2 is 1.94 bits per heavy atom. The lowest BCUT2D eigenvalue weighted by Crippen LogP contribution is -2.16. The van der Waals surface area contributed by atoms with Gasteiger partial charge in [-0.2, -0.15) is 0 Å². The van der Waals surface area contributed by atoms with Crippen molar-refractivity contribution in [2.75, 3.05) is 5.73 Å². The van der Waals surface area contributed by atoms with Gasteiger partial charge in [0.05, 0.1) is 10.2 Å².